The Labute approximate surface area is 123 Å². The van der Waals surface area contributed by atoms with Crippen LogP contribution >= 0.6 is 12.2 Å². The number of nitrogens with two attached hydrogens (primary N) is 1. The molecule has 4 N–H and O–H groups in total. The van der Waals surface area contributed by atoms with Gasteiger partial charge in [-0.15, -0.1) is 0 Å². The molecule has 0 aliphatic heterocycles. The Morgan fingerprint density at radius 2 is 1.85 bits per heavy atom. The molecule has 0 saturated heterocycles. The van der Waals surface area contributed by atoms with Crippen LogP contribution < -0.4 is 16.4 Å². The second kappa shape index (κ2) is 6.79. The normalized spacial score (nSPS) is 9.85. The summed E-state index contributed by atoms with van der Waals surface area (Å²) < 4.78 is 0. The van der Waals surface area contributed by atoms with Gasteiger partial charge in [0.25, 0.3) is 5.91 Å². The molecule has 1 amide bonds. The van der Waals surface area contributed by atoms with Crippen molar-refractivity contribution in [3.8, 4) is 0 Å². The van der Waals surface area contributed by atoms with Gasteiger partial charge < -0.3 is 11.1 Å². The lowest BCUT2D eigenvalue weighted by molar-refractivity contribution is 0.0978. The van der Waals surface area contributed by atoms with Gasteiger partial charge in [-0.25, -0.2) is 0 Å². The van der Waals surface area contributed by atoms with E-state index in [0.717, 1.165) is 11.3 Å². The number of rotatable bonds is 3. The predicted molar refractivity (Wildman–Crippen MR) is 84.5 cm³/mol. The standard InChI is InChI=1S/C15H15N3OS/c16-10-11-5-4-8-13(9-11)17-15(20)18-14(19)12-6-2-1-3-7-12/h1-9H,10,16H2,(H2,17,18,19,20). The molecule has 2 aromatic carbocycles. The van der Waals surface area contributed by atoms with Crippen molar-refractivity contribution in [1.82, 2.24) is 5.32 Å². The second-order valence-electron chi connectivity index (χ2n) is 4.18. The number of benzene rings is 2. The van der Waals surface area contributed by atoms with Crippen molar-refractivity contribution in [2.24, 2.45) is 5.73 Å². The molecule has 0 unspecified atom stereocenters. The molecular formula is C15H15N3OS. The van der Waals surface area contributed by atoms with E-state index in [1.54, 1.807) is 24.3 Å². The summed E-state index contributed by atoms with van der Waals surface area (Å²) in [6.07, 6.45) is 0. The molecule has 0 bridgehead atoms. The number of amides is 1. The van der Waals surface area contributed by atoms with Crippen LogP contribution in [0.5, 0.6) is 0 Å². The van der Waals surface area contributed by atoms with E-state index in [9.17, 15) is 4.79 Å². The summed E-state index contributed by atoms with van der Waals surface area (Å²) in [7, 11) is 0. The average Bonchev–Trinajstić information content (AvgIpc) is 2.48. The van der Waals surface area contributed by atoms with Gasteiger partial charge in [0.05, 0.1) is 0 Å². The summed E-state index contributed by atoms with van der Waals surface area (Å²) in [5, 5.41) is 5.85. The van der Waals surface area contributed by atoms with E-state index in [1.165, 1.54) is 0 Å². The molecule has 0 spiro atoms. The highest BCUT2D eigenvalue weighted by atomic mass is 32.1. The third-order valence-corrected chi connectivity index (χ3v) is 2.89. The fourth-order valence-corrected chi connectivity index (χ4v) is 1.91. The van der Waals surface area contributed by atoms with Gasteiger partial charge in [0.15, 0.2) is 5.11 Å². The fourth-order valence-electron chi connectivity index (χ4n) is 1.70. The maximum atomic E-state index is 11.9. The molecule has 102 valence electrons. The van der Waals surface area contributed by atoms with Gasteiger partial charge in [0, 0.05) is 17.8 Å². The number of nitrogens with one attached hydrogen (secondary N) is 2. The fraction of sp³-hybridized carbons (Fsp3) is 0.0667. The molecule has 20 heavy (non-hydrogen) atoms. The molecule has 0 aliphatic carbocycles. The molecule has 0 radical (unpaired) electrons. The quantitative estimate of drug-likeness (QED) is 0.757. The van der Waals surface area contributed by atoms with Crippen molar-refractivity contribution in [3.05, 3.63) is 65.7 Å². The van der Waals surface area contributed by atoms with Crippen molar-refractivity contribution < 1.29 is 4.79 Å². The number of thiocarbonyl (C=S) groups is 1. The molecule has 0 saturated carbocycles. The molecule has 2 aromatic rings. The maximum absolute atomic E-state index is 11.9. The van der Waals surface area contributed by atoms with Crippen LogP contribution in [0.4, 0.5) is 5.69 Å². The molecule has 0 heterocycles. The Balaban J connectivity index is 1.97. The van der Waals surface area contributed by atoms with Crippen LogP contribution in [0, 0.1) is 0 Å². The minimum absolute atomic E-state index is 0.238. The van der Waals surface area contributed by atoms with E-state index in [4.69, 9.17) is 18.0 Å². The lowest BCUT2D eigenvalue weighted by Gasteiger charge is -2.10. The van der Waals surface area contributed by atoms with E-state index in [-0.39, 0.29) is 11.0 Å². The Hall–Kier alpha value is -2.24. The third-order valence-electron chi connectivity index (χ3n) is 2.68. The Morgan fingerprint density at radius 3 is 2.55 bits per heavy atom. The van der Waals surface area contributed by atoms with Crippen LogP contribution in [0.15, 0.2) is 54.6 Å². The van der Waals surface area contributed by atoms with Crippen LogP contribution in [0.1, 0.15) is 15.9 Å². The molecule has 5 heteroatoms. The maximum Gasteiger partial charge on any atom is 0.257 e. The lowest BCUT2D eigenvalue weighted by atomic mass is 10.2. The van der Waals surface area contributed by atoms with Gasteiger partial charge in [0.2, 0.25) is 0 Å². The molecule has 0 aromatic heterocycles. The Morgan fingerprint density at radius 1 is 1.10 bits per heavy atom. The van der Waals surface area contributed by atoms with E-state index in [1.807, 2.05) is 30.3 Å². The van der Waals surface area contributed by atoms with E-state index >= 15 is 0 Å². The van der Waals surface area contributed by atoms with Crippen molar-refractivity contribution in [1.29, 1.82) is 0 Å². The summed E-state index contributed by atoms with van der Waals surface area (Å²) in [4.78, 5) is 11.9. The number of carbonyl (C=O) groups excluding carboxylic acids is 1. The predicted octanol–water partition coefficient (Wildman–Crippen LogP) is 2.27. The van der Waals surface area contributed by atoms with Crippen molar-refractivity contribution >= 4 is 28.9 Å². The molecule has 2 rings (SSSR count). The van der Waals surface area contributed by atoms with Gasteiger partial charge in [0.1, 0.15) is 0 Å². The zero-order valence-electron chi connectivity index (χ0n) is 10.8. The zero-order chi connectivity index (χ0) is 14.4. The van der Waals surface area contributed by atoms with Crippen molar-refractivity contribution in [3.63, 3.8) is 0 Å². The Bertz CT molecular complexity index is 614. The molecule has 4 nitrogen and oxygen atoms in total. The van der Waals surface area contributed by atoms with Crippen LogP contribution in [0.25, 0.3) is 0 Å². The topological polar surface area (TPSA) is 67.2 Å². The highest BCUT2D eigenvalue weighted by Crippen LogP contribution is 2.10. The average molecular weight is 285 g/mol. The summed E-state index contributed by atoms with van der Waals surface area (Å²) in [5.41, 5.74) is 7.93. The highest BCUT2D eigenvalue weighted by Gasteiger charge is 2.07. The highest BCUT2D eigenvalue weighted by molar-refractivity contribution is 7.80. The van der Waals surface area contributed by atoms with E-state index < -0.39 is 0 Å². The zero-order valence-corrected chi connectivity index (χ0v) is 11.6. The Kier molecular flexibility index (Phi) is 4.81. The number of hydrogen-bond acceptors (Lipinski definition) is 3. The first-order valence-corrected chi connectivity index (χ1v) is 6.56. The summed E-state index contributed by atoms with van der Waals surface area (Å²) in [6.45, 7) is 0.457. The molecule has 0 aliphatic rings. The first-order valence-electron chi connectivity index (χ1n) is 6.15. The lowest BCUT2D eigenvalue weighted by Crippen LogP contribution is -2.34. The van der Waals surface area contributed by atoms with Crippen LogP contribution in [-0.4, -0.2) is 11.0 Å². The summed E-state index contributed by atoms with van der Waals surface area (Å²) in [5.74, 6) is -0.238. The molecule has 0 fully saturated rings. The smallest absolute Gasteiger partial charge is 0.257 e. The van der Waals surface area contributed by atoms with E-state index in [0.29, 0.717) is 12.1 Å². The molecular weight excluding hydrogens is 270 g/mol. The monoisotopic (exact) mass is 285 g/mol. The van der Waals surface area contributed by atoms with Crippen LogP contribution in [0.3, 0.4) is 0 Å². The van der Waals surface area contributed by atoms with Crippen LogP contribution in [0.2, 0.25) is 0 Å². The van der Waals surface area contributed by atoms with Crippen LogP contribution in [-0.2, 0) is 6.54 Å². The summed E-state index contributed by atoms with van der Waals surface area (Å²) in [6, 6.07) is 16.5. The first-order chi connectivity index (χ1) is 9.69. The second-order valence-corrected chi connectivity index (χ2v) is 4.59. The number of hydrogen-bond donors (Lipinski definition) is 3. The van der Waals surface area contributed by atoms with Gasteiger partial charge >= 0.3 is 0 Å². The van der Waals surface area contributed by atoms with Crippen molar-refractivity contribution in [2.45, 2.75) is 6.54 Å². The van der Waals surface area contributed by atoms with Gasteiger partial charge in [-0.3, -0.25) is 10.1 Å². The SMILES string of the molecule is NCc1cccc(NC(=S)NC(=O)c2ccccc2)c1. The summed E-state index contributed by atoms with van der Waals surface area (Å²) >= 11 is 5.12. The minimum Gasteiger partial charge on any atom is -0.332 e. The molecule has 0 atom stereocenters. The van der Waals surface area contributed by atoms with Gasteiger partial charge in [-0.05, 0) is 42.0 Å². The third kappa shape index (κ3) is 3.88. The van der Waals surface area contributed by atoms with Crippen molar-refractivity contribution in [2.75, 3.05) is 5.32 Å². The van der Waals surface area contributed by atoms with Gasteiger partial charge in [-0.1, -0.05) is 30.3 Å². The number of anilines is 1. The van der Waals surface area contributed by atoms with E-state index in [2.05, 4.69) is 10.6 Å². The van der Waals surface area contributed by atoms with Gasteiger partial charge in [-0.2, -0.15) is 0 Å². The largest absolute Gasteiger partial charge is 0.332 e. The minimum atomic E-state index is -0.238. The number of carbonyl (C=O) groups is 1. The first kappa shape index (κ1) is 14.2.